The lowest BCUT2D eigenvalue weighted by Gasteiger charge is -2.36. The molecular formula is C30H42N5O8P. The molecule has 1 N–H and O–H groups in total. The fourth-order valence-electron chi connectivity index (χ4n) is 5.27. The number of nitrogens with one attached hydrogen (secondary N) is 1. The monoisotopic (exact) mass is 631 g/mol. The standard InChI is InChI=1S/C30H42N5O8P/c1-5-6-19-43-30(38)34-17-15-33(16-18-34)29(37)28(44(39,41-3)42-4)32-27(36)25-21-23(35-14-10-13-26(35)40-2)20-24(31-25)22-11-8-7-9-12-22/h7-9,11-12,20-21,26,28H,5-6,10,13-19H2,1-4H3,(H,32,36)/t26-,28?/m0/s1. The Morgan fingerprint density at radius 2 is 1.68 bits per heavy atom. The van der Waals surface area contributed by atoms with Gasteiger partial charge in [-0.25, -0.2) is 9.78 Å². The van der Waals surface area contributed by atoms with Crippen molar-refractivity contribution in [2.24, 2.45) is 0 Å². The number of piperazine rings is 1. The van der Waals surface area contributed by atoms with E-state index in [2.05, 4.69) is 15.2 Å². The lowest BCUT2D eigenvalue weighted by molar-refractivity contribution is -0.133. The number of benzene rings is 1. The Labute approximate surface area is 258 Å². The van der Waals surface area contributed by atoms with Crippen molar-refractivity contribution in [3.8, 4) is 11.3 Å². The second kappa shape index (κ2) is 15.5. The van der Waals surface area contributed by atoms with Crippen molar-refractivity contribution in [2.45, 2.75) is 44.6 Å². The first-order valence-electron chi connectivity index (χ1n) is 14.8. The minimum absolute atomic E-state index is 0.0271. The Kier molecular flexibility index (Phi) is 11.7. The number of hydrogen-bond acceptors (Lipinski definition) is 10. The number of pyridine rings is 1. The Balaban J connectivity index is 1.58. The van der Waals surface area contributed by atoms with Gasteiger partial charge in [-0.05, 0) is 31.4 Å². The van der Waals surface area contributed by atoms with Gasteiger partial charge in [0.05, 0.1) is 12.3 Å². The second-order valence-corrected chi connectivity index (χ2v) is 12.9. The molecular weight excluding hydrogens is 589 g/mol. The summed E-state index contributed by atoms with van der Waals surface area (Å²) in [4.78, 5) is 49.5. The van der Waals surface area contributed by atoms with Crippen molar-refractivity contribution in [1.29, 1.82) is 0 Å². The number of rotatable bonds is 12. The Morgan fingerprint density at radius 1 is 1.00 bits per heavy atom. The molecule has 2 fully saturated rings. The zero-order valence-electron chi connectivity index (χ0n) is 25.8. The first-order valence-corrected chi connectivity index (χ1v) is 16.4. The summed E-state index contributed by atoms with van der Waals surface area (Å²) in [6.07, 6.45) is 2.84. The maximum Gasteiger partial charge on any atom is 0.409 e. The maximum absolute atomic E-state index is 13.8. The Morgan fingerprint density at radius 3 is 2.32 bits per heavy atom. The number of carbonyl (C=O) groups excluding carboxylic acids is 3. The van der Waals surface area contributed by atoms with Crippen LogP contribution in [0.3, 0.4) is 0 Å². The van der Waals surface area contributed by atoms with Gasteiger partial charge in [0, 0.05) is 65.3 Å². The van der Waals surface area contributed by atoms with E-state index in [1.807, 2.05) is 43.3 Å². The molecule has 0 bridgehead atoms. The molecule has 2 aromatic rings. The summed E-state index contributed by atoms with van der Waals surface area (Å²) in [5, 5.41) is 2.60. The van der Waals surface area contributed by atoms with Gasteiger partial charge in [-0.3, -0.25) is 14.2 Å². The quantitative estimate of drug-likeness (QED) is 0.271. The summed E-state index contributed by atoms with van der Waals surface area (Å²) < 4.78 is 34.9. The normalized spacial score (nSPS) is 17.8. The van der Waals surface area contributed by atoms with E-state index in [1.165, 1.54) is 9.80 Å². The van der Waals surface area contributed by atoms with Gasteiger partial charge in [0.15, 0.2) is 0 Å². The second-order valence-electron chi connectivity index (χ2n) is 10.5. The molecule has 4 rings (SSSR count). The van der Waals surface area contributed by atoms with Crippen LogP contribution in [-0.4, -0.2) is 105 Å². The molecule has 3 heterocycles. The number of carbonyl (C=O) groups is 3. The van der Waals surface area contributed by atoms with E-state index in [0.29, 0.717) is 12.3 Å². The van der Waals surface area contributed by atoms with E-state index in [-0.39, 0.29) is 38.1 Å². The molecule has 0 radical (unpaired) electrons. The number of unbranched alkanes of at least 4 members (excludes halogenated alkanes) is 1. The van der Waals surface area contributed by atoms with E-state index < -0.39 is 31.3 Å². The Bertz CT molecular complexity index is 1330. The molecule has 1 aromatic heterocycles. The number of aromatic nitrogens is 1. The summed E-state index contributed by atoms with van der Waals surface area (Å²) in [6.45, 7) is 3.83. The van der Waals surface area contributed by atoms with Crippen molar-refractivity contribution in [2.75, 3.05) is 65.6 Å². The van der Waals surface area contributed by atoms with Crippen LogP contribution in [0.1, 0.15) is 43.1 Å². The van der Waals surface area contributed by atoms with Crippen molar-refractivity contribution in [3.63, 3.8) is 0 Å². The van der Waals surface area contributed by atoms with Gasteiger partial charge in [-0.15, -0.1) is 0 Å². The smallest absolute Gasteiger partial charge is 0.409 e. The molecule has 240 valence electrons. The minimum atomic E-state index is -4.14. The van der Waals surface area contributed by atoms with Crippen molar-refractivity contribution < 1.29 is 37.5 Å². The van der Waals surface area contributed by atoms with E-state index in [1.54, 1.807) is 13.2 Å². The summed E-state index contributed by atoms with van der Waals surface area (Å²) in [7, 11) is -0.181. The SMILES string of the molecule is CCCCOC(=O)N1CCN(C(=O)C(NC(=O)c2cc(N3CCC[C@@H]3OC)cc(-c3ccccc3)n2)P(=O)(OC)OC)CC1. The van der Waals surface area contributed by atoms with E-state index in [9.17, 15) is 18.9 Å². The number of ether oxygens (including phenoxy) is 2. The molecule has 1 aromatic carbocycles. The van der Waals surface area contributed by atoms with E-state index >= 15 is 0 Å². The zero-order chi connectivity index (χ0) is 31.7. The van der Waals surface area contributed by atoms with Crippen molar-refractivity contribution >= 4 is 31.2 Å². The maximum atomic E-state index is 13.8. The molecule has 14 heteroatoms. The van der Waals surface area contributed by atoms with Crippen LogP contribution >= 0.6 is 7.60 Å². The van der Waals surface area contributed by atoms with Crippen LogP contribution in [-0.2, 0) is 27.9 Å². The molecule has 3 amide bonds. The van der Waals surface area contributed by atoms with Gasteiger partial charge in [0.2, 0.25) is 5.78 Å². The summed E-state index contributed by atoms with van der Waals surface area (Å²) in [5.41, 5.74) is 2.12. The molecule has 1 unspecified atom stereocenters. The van der Waals surface area contributed by atoms with Crippen molar-refractivity contribution in [1.82, 2.24) is 20.1 Å². The predicted molar refractivity (Wildman–Crippen MR) is 164 cm³/mol. The third-order valence-electron chi connectivity index (χ3n) is 7.81. The van der Waals surface area contributed by atoms with Crippen LogP contribution in [0.25, 0.3) is 11.3 Å². The zero-order valence-corrected chi connectivity index (χ0v) is 26.7. The lowest BCUT2D eigenvalue weighted by Crippen LogP contribution is -2.56. The topological polar surface area (TPSA) is 140 Å². The van der Waals surface area contributed by atoms with Crippen LogP contribution in [0.4, 0.5) is 10.5 Å². The first kappa shape index (κ1) is 33.4. The van der Waals surface area contributed by atoms with Crippen LogP contribution in [0.15, 0.2) is 42.5 Å². The van der Waals surface area contributed by atoms with Crippen LogP contribution in [0, 0.1) is 0 Å². The van der Waals surface area contributed by atoms with Gasteiger partial charge < -0.3 is 38.5 Å². The number of methoxy groups -OCH3 is 1. The summed E-state index contributed by atoms with van der Waals surface area (Å²) in [6, 6.07) is 13.0. The average Bonchev–Trinajstić information content (AvgIpc) is 3.56. The molecule has 0 aliphatic carbocycles. The fraction of sp³-hybridized carbons (Fsp3) is 0.533. The van der Waals surface area contributed by atoms with Gasteiger partial charge >= 0.3 is 13.7 Å². The molecule has 2 aliphatic rings. The third-order valence-corrected chi connectivity index (χ3v) is 9.81. The fourth-order valence-corrected chi connectivity index (χ4v) is 6.55. The predicted octanol–water partition coefficient (Wildman–Crippen LogP) is 3.94. The van der Waals surface area contributed by atoms with Gasteiger partial charge in [-0.1, -0.05) is 43.7 Å². The highest BCUT2D eigenvalue weighted by Gasteiger charge is 2.44. The number of amides is 3. The first-order chi connectivity index (χ1) is 21.2. The molecule has 13 nitrogen and oxygen atoms in total. The Hall–Kier alpha value is -3.51. The average molecular weight is 632 g/mol. The highest BCUT2D eigenvalue weighted by Crippen LogP contribution is 2.51. The number of hydrogen-bond donors (Lipinski definition) is 1. The summed E-state index contributed by atoms with van der Waals surface area (Å²) >= 11 is 0. The van der Waals surface area contributed by atoms with Crippen LogP contribution < -0.4 is 10.2 Å². The van der Waals surface area contributed by atoms with Gasteiger partial charge in [-0.2, -0.15) is 0 Å². The molecule has 0 spiro atoms. The highest BCUT2D eigenvalue weighted by atomic mass is 31.2. The van der Waals surface area contributed by atoms with E-state index in [4.69, 9.17) is 18.5 Å². The molecule has 44 heavy (non-hydrogen) atoms. The molecule has 2 aliphatic heterocycles. The highest BCUT2D eigenvalue weighted by molar-refractivity contribution is 7.55. The van der Waals surface area contributed by atoms with Gasteiger partial charge in [0.25, 0.3) is 11.8 Å². The molecule has 2 atom stereocenters. The summed E-state index contributed by atoms with van der Waals surface area (Å²) in [5.74, 6) is -3.01. The van der Waals surface area contributed by atoms with E-state index in [0.717, 1.165) is 57.7 Å². The van der Waals surface area contributed by atoms with Crippen LogP contribution in [0.5, 0.6) is 0 Å². The van der Waals surface area contributed by atoms with Crippen LogP contribution in [0.2, 0.25) is 0 Å². The lowest BCUT2D eigenvalue weighted by atomic mass is 10.1. The largest absolute Gasteiger partial charge is 0.449 e. The molecule has 2 saturated heterocycles. The minimum Gasteiger partial charge on any atom is -0.449 e. The number of anilines is 1. The van der Waals surface area contributed by atoms with Gasteiger partial charge in [0.1, 0.15) is 11.9 Å². The molecule has 0 saturated carbocycles. The van der Waals surface area contributed by atoms with Crippen molar-refractivity contribution in [3.05, 3.63) is 48.2 Å². The number of nitrogens with zero attached hydrogens (tertiary/aromatic N) is 4. The third kappa shape index (κ3) is 7.76.